The number of likely N-dealkylation sites (tertiary alicyclic amines) is 1. The Hall–Kier alpha value is -1.42. The molecule has 0 saturated carbocycles. The Morgan fingerprint density at radius 3 is 2.89 bits per heavy atom. The summed E-state index contributed by atoms with van der Waals surface area (Å²) in [5, 5.41) is 3.19. The van der Waals surface area contributed by atoms with Crippen LogP contribution in [0.2, 0.25) is 0 Å². The molecule has 0 radical (unpaired) electrons. The predicted octanol–water partition coefficient (Wildman–Crippen LogP) is 1.82. The first-order valence-corrected chi connectivity index (χ1v) is 6.90. The molecule has 0 aliphatic carbocycles. The van der Waals surface area contributed by atoms with Gasteiger partial charge in [0.25, 0.3) is 0 Å². The van der Waals surface area contributed by atoms with Gasteiger partial charge in [0, 0.05) is 12.7 Å². The molecular weight excluding hydrogens is 238 g/mol. The lowest BCUT2D eigenvalue weighted by atomic mass is 9.80. The zero-order chi connectivity index (χ0) is 13.9. The van der Waals surface area contributed by atoms with Gasteiger partial charge in [-0.15, -0.1) is 0 Å². The number of likely N-dealkylation sites (N-methyl/N-ethyl adjacent to an activating group) is 1. The number of carbonyl (C=O) groups is 1. The SMILES string of the molecule is CNC1C(=O)N(Cc2ccccn2)CCCC1(C)C. The van der Waals surface area contributed by atoms with Crippen LogP contribution in [0, 0.1) is 5.41 Å². The molecule has 1 aliphatic rings. The second kappa shape index (κ2) is 5.70. The molecule has 1 aliphatic heterocycles. The minimum Gasteiger partial charge on any atom is -0.335 e. The van der Waals surface area contributed by atoms with E-state index in [2.05, 4.69) is 24.1 Å². The van der Waals surface area contributed by atoms with Crippen molar-refractivity contribution in [2.24, 2.45) is 5.41 Å². The van der Waals surface area contributed by atoms with Crippen LogP contribution >= 0.6 is 0 Å². The number of nitrogens with one attached hydrogen (secondary N) is 1. The van der Waals surface area contributed by atoms with Crippen molar-refractivity contribution in [1.82, 2.24) is 15.2 Å². The molecule has 1 saturated heterocycles. The smallest absolute Gasteiger partial charge is 0.240 e. The summed E-state index contributed by atoms with van der Waals surface area (Å²) in [6.07, 6.45) is 3.88. The molecule has 4 nitrogen and oxygen atoms in total. The number of amides is 1. The average molecular weight is 261 g/mol. The number of hydrogen-bond donors (Lipinski definition) is 1. The number of hydrogen-bond acceptors (Lipinski definition) is 3. The van der Waals surface area contributed by atoms with Crippen molar-refractivity contribution in [3.8, 4) is 0 Å². The van der Waals surface area contributed by atoms with Crippen molar-refractivity contribution in [2.75, 3.05) is 13.6 Å². The van der Waals surface area contributed by atoms with Crippen LogP contribution in [0.25, 0.3) is 0 Å². The molecule has 1 aromatic rings. The Bertz CT molecular complexity index is 430. The zero-order valence-electron chi connectivity index (χ0n) is 12.0. The third-order valence-corrected chi connectivity index (χ3v) is 3.96. The van der Waals surface area contributed by atoms with Crippen LogP contribution < -0.4 is 5.32 Å². The Morgan fingerprint density at radius 2 is 2.26 bits per heavy atom. The van der Waals surface area contributed by atoms with E-state index in [0.717, 1.165) is 25.1 Å². The summed E-state index contributed by atoms with van der Waals surface area (Å²) in [6, 6.07) is 5.72. The summed E-state index contributed by atoms with van der Waals surface area (Å²) in [7, 11) is 1.87. The standard InChI is InChI=1S/C15H23N3O/c1-15(2)8-6-10-18(14(19)13(15)16-3)11-12-7-4-5-9-17-12/h4-5,7,9,13,16H,6,8,10-11H2,1-3H3. The molecule has 1 atom stereocenters. The van der Waals surface area contributed by atoms with Gasteiger partial charge in [0.2, 0.25) is 5.91 Å². The lowest BCUT2D eigenvalue weighted by Crippen LogP contribution is -2.50. The van der Waals surface area contributed by atoms with Gasteiger partial charge in [0.05, 0.1) is 18.3 Å². The fourth-order valence-corrected chi connectivity index (χ4v) is 2.86. The monoisotopic (exact) mass is 261 g/mol. The molecule has 104 valence electrons. The fourth-order valence-electron chi connectivity index (χ4n) is 2.86. The Kier molecular flexibility index (Phi) is 4.20. The second-order valence-corrected chi connectivity index (χ2v) is 5.89. The van der Waals surface area contributed by atoms with E-state index in [4.69, 9.17) is 0 Å². The largest absolute Gasteiger partial charge is 0.335 e. The lowest BCUT2D eigenvalue weighted by Gasteiger charge is -2.32. The first-order valence-electron chi connectivity index (χ1n) is 6.90. The zero-order valence-corrected chi connectivity index (χ0v) is 12.0. The Balaban J connectivity index is 2.15. The van der Waals surface area contributed by atoms with E-state index in [0.29, 0.717) is 6.54 Å². The van der Waals surface area contributed by atoms with Crippen LogP contribution in [0.5, 0.6) is 0 Å². The van der Waals surface area contributed by atoms with E-state index in [1.165, 1.54) is 0 Å². The first-order chi connectivity index (χ1) is 9.04. The highest BCUT2D eigenvalue weighted by atomic mass is 16.2. The van der Waals surface area contributed by atoms with Crippen LogP contribution in [0.1, 0.15) is 32.4 Å². The highest BCUT2D eigenvalue weighted by Crippen LogP contribution is 2.31. The van der Waals surface area contributed by atoms with Gasteiger partial charge in [-0.3, -0.25) is 9.78 Å². The van der Waals surface area contributed by atoms with Crippen LogP contribution in [-0.4, -0.2) is 35.4 Å². The molecule has 19 heavy (non-hydrogen) atoms. The van der Waals surface area contributed by atoms with Crippen LogP contribution in [0.15, 0.2) is 24.4 Å². The van der Waals surface area contributed by atoms with E-state index in [-0.39, 0.29) is 17.4 Å². The van der Waals surface area contributed by atoms with Gasteiger partial charge < -0.3 is 10.2 Å². The molecule has 0 bridgehead atoms. The van der Waals surface area contributed by atoms with Crippen LogP contribution in [0.3, 0.4) is 0 Å². The van der Waals surface area contributed by atoms with Gasteiger partial charge in [-0.25, -0.2) is 0 Å². The molecule has 4 heteroatoms. The molecule has 1 aromatic heterocycles. The van der Waals surface area contributed by atoms with Crippen molar-refractivity contribution in [1.29, 1.82) is 0 Å². The Labute approximate surface area is 115 Å². The number of aromatic nitrogens is 1. The second-order valence-electron chi connectivity index (χ2n) is 5.89. The summed E-state index contributed by atoms with van der Waals surface area (Å²) < 4.78 is 0. The minimum absolute atomic E-state index is 0.00466. The number of pyridine rings is 1. The fraction of sp³-hybridized carbons (Fsp3) is 0.600. The molecule has 1 fully saturated rings. The van der Waals surface area contributed by atoms with Crippen molar-refractivity contribution < 1.29 is 4.79 Å². The highest BCUT2D eigenvalue weighted by Gasteiger charge is 2.38. The third-order valence-electron chi connectivity index (χ3n) is 3.96. The van der Waals surface area contributed by atoms with Crippen molar-refractivity contribution >= 4 is 5.91 Å². The van der Waals surface area contributed by atoms with Crippen molar-refractivity contribution in [3.05, 3.63) is 30.1 Å². The topological polar surface area (TPSA) is 45.2 Å². The molecule has 1 N–H and O–H groups in total. The van der Waals surface area contributed by atoms with E-state index in [1.807, 2.05) is 30.1 Å². The van der Waals surface area contributed by atoms with Gasteiger partial charge in [-0.1, -0.05) is 19.9 Å². The Morgan fingerprint density at radius 1 is 1.47 bits per heavy atom. The lowest BCUT2D eigenvalue weighted by molar-refractivity contribution is -0.135. The molecule has 0 aromatic carbocycles. The maximum Gasteiger partial charge on any atom is 0.240 e. The summed E-state index contributed by atoms with van der Waals surface area (Å²) in [5.41, 5.74) is 0.954. The van der Waals surface area contributed by atoms with Gasteiger partial charge in [-0.2, -0.15) is 0 Å². The normalized spacial score (nSPS) is 23.2. The highest BCUT2D eigenvalue weighted by molar-refractivity contribution is 5.83. The van der Waals surface area contributed by atoms with E-state index < -0.39 is 0 Å². The summed E-state index contributed by atoms with van der Waals surface area (Å²) in [6.45, 7) is 5.75. The van der Waals surface area contributed by atoms with Crippen LogP contribution in [-0.2, 0) is 11.3 Å². The van der Waals surface area contributed by atoms with E-state index in [9.17, 15) is 4.79 Å². The molecular formula is C15H23N3O. The number of nitrogens with zero attached hydrogens (tertiary/aromatic N) is 2. The van der Waals surface area contributed by atoms with Crippen molar-refractivity contribution in [3.63, 3.8) is 0 Å². The van der Waals surface area contributed by atoms with Crippen LogP contribution in [0.4, 0.5) is 0 Å². The molecule has 2 rings (SSSR count). The van der Waals surface area contributed by atoms with Gasteiger partial charge in [-0.05, 0) is 37.4 Å². The third kappa shape index (κ3) is 3.13. The maximum atomic E-state index is 12.6. The maximum absolute atomic E-state index is 12.6. The molecule has 0 spiro atoms. The molecule has 1 amide bonds. The number of carbonyl (C=O) groups excluding carboxylic acids is 1. The van der Waals surface area contributed by atoms with Gasteiger partial charge in [0.1, 0.15) is 0 Å². The van der Waals surface area contributed by atoms with Gasteiger partial charge in [0.15, 0.2) is 0 Å². The summed E-state index contributed by atoms with van der Waals surface area (Å²) >= 11 is 0. The average Bonchev–Trinajstić information content (AvgIpc) is 2.48. The van der Waals surface area contributed by atoms with E-state index in [1.54, 1.807) is 6.20 Å². The minimum atomic E-state index is -0.112. The predicted molar refractivity (Wildman–Crippen MR) is 75.5 cm³/mol. The van der Waals surface area contributed by atoms with Crippen molar-refractivity contribution in [2.45, 2.75) is 39.3 Å². The molecule has 2 heterocycles. The first kappa shape index (κ1) is 14.0. The summed E-state index contributed by atoms with van der Waals surface area (Å²) in [4.78, 5) is 18.9. The quantitative estimate of drug-likeness (QED) is 0.902. The summed E-state index contributed by atoms with van der Waals surface area (Å²) in [5.74, 6) is 0.190. The number of rotatable bonds is 3. The van der Waals surface area contributed by atoms with Gasteiger partial charge >= 0.3 is 0 Å². The van der Waals surface area contributed by atoms with E-state index >= 15 is 0 Å². The molecule has 1 unspecified atom stereocenters.